The summed E-state index contributed by atoms with van der Waals surface area (Å²) in [7, 11) is 0. The van der Waals surface area contributed by atoms with E-state index in [1.165, 1.54) is 12.1 Å². The molecular weight excluding hydrogens is 351 g/mol. The summed E-state index contributed by atoms with van der Waals surface area (Å²) in [6.45, 7) is 2.25. The lowest BCUT2D eigenvalue weighted by Crippen LogP contribution is -2.00. The van der Waals surface area contributed by atoms with Gasteiger partial charge < -0.3 is 15.2 Å². The van der Waals surface area contributed by atoms with Gasteiger partial charge in [0.25, 0.3) is 0 Å². The van der Waals surface area contributed by atoms with Gasteiger partial charge in [0.15, 0.2) is 0 Å². The summed E-state index contributed by atoms with van der Waals surface area (Å²) in [4.78, 5) is 4.10. The normalized spacial score (nSPS) is 10.4. The van der Waals surface area contributed by atoms with E-state index in [9.17, 15) is 4.39 Å². The number of hydrogen-bond acceptors (Lipinski definition) is 4. The predicted octanol–water partition coefficient (Wildman–Crippen LogP) is 4.41. The molecule has 20 heavy (non-hydrogen) atoms. The van der Waals surface area contributed by atoms with Crippen LogP contribution in [-0.4, -0.2) is 11.6 Å². The number of nitrogens with two attached hydrogens (primary N) is 1. The second-order valence-corrected chi connectivity index (χ2v) is 5.04. The molecule has 2 aromatic rings. The molecule has 0 spiro atoms. The topological polar surface area (TPSA) is 57.4 Å². The van der Waals surface area contributed by atoms with E-state index >= 15 is 0 Å². The van der Waals surface area contributed by atoms with Gasteiger partial charge >= 0.3 is 0 Å². The maximum Gasteiger partial charge on any atom is 0.240 e. The number of pyridine rings is 1. The van der Waals surface area contributed by atoms with Crippen molar-refractivity contribution in [2.45, 2.75) is 6.92 Å². The predicted molar refractivity (Wildman–Crippen MR) is 79.0 cm³/mol. The van der Waals surface area contributed by atoms with Crippen LogP contribution >= 0.6 is 27.5 Å². The van der Waals surface area contributed by atoms with Crippen molar-refractivity contribution in [2.75, 3.05) is 12.3 Å². The molecule has 0 fully saturated rings. The monoisotopic (exact) mass is 360 g/mol. The summed E-state index contributed by atoms with van der Waals surface area (Å²) in [6, 6.07) is 5.75. The van der Waals surface area contributed by atoms with E-state index in [1.54, 1.807) is 12.1 Å². The van der Waals surface area contributed by atoms with Crippen molar-refractivity contribution >= 4 is 33.2 Å². The number of anilines is 1. The van der Waals surface area contributed by atoms with E-state index in [4.69, 9.17) is 26.8 Å². The van der Waals surface area contributed by atoms with Crippen molar-refractivity contribution in [1.82, 2.24) is 4.98 Å². The maximum atomic E-state index is 13.4. The zero-order valence-corrected chi connectivity index (χ0v) is 12.8. The molecule has 2 N–H and O–H groups in total. The molecular formula is C13H11BrClFN2O2. The zero-order chi connectivity index (χ0) is 14.7. The van der Waals surface area contributed by atoms with Crippen molar-refractivity contribution < 1.29 is 13.9 Å². The first kappa shape index (κ1) is 14.9. The Kier molecular flexibility index (Phi) is 4.67. The van der Waals surface area contributed by atoms with Gasteiger partial charge in [-0.2, -0.15) is 4.98 Å². The first-order valence-corrected chi connectivity index (χ1v) is 6.90. The summed E-state index contributed by atoms with van der Waals surface area (Å²) in [5.41, 5.74) is 6.12. The minimum atomic E-state index is -0.578. The largest absolute Gasteiger partial charge is 0.476 e. The summed E-state index contributed by atoms with van der Waals surface area (Å²) in [5, 5.41) is 0.00416. The van der Waals surface area contributed by atoms with Crippen molar-refractivity contribution in [3.05, 3.63) is 39.6 Å². The summed E-state index contributed by atoms with van der Waals surface area (Å²) < 4.78 is 24.7. The van der Waals surface area contributed by atoms with Crippen LogP contribution in [0, 0.1) is 5.82 Å². The Balaban J connectivity index is 2.30. The van der Waals surface area contributed by atoms with Crippen LogP contribution in [-0.2, 0) is 0 Å². The van der Waals surface area contributed by atoms with E-state index in [-0.39, 0.29) is 22.5 Å². The SMILES string of the molecule is CCOc1nc(Oc2cc(F)c(Cl)cc2Br)ccc1N. The van der Waals surface area contributed by atoms with Crippen molar-refractivity contribution in [3.8, 4) is 17.5 Å². The number of hydrogen-bond donors (Lipinski definition) is 1. The van der Waals surface area contributed by atoms with Gasteiger partial charge in [-0.15, -0.1) is 0 Å². The zero-order valence-electron chi connectivity index (χ0n) is 10.5. The molecule has 0 aliphatic rings. The molecule has 0 atom stereocenters. The van der Waals surface area contributed by atoms with E-state index in [1.807, 2.05) is 6.92 Å². The van der Waals surface area contributed by atoms with Crippen LogP contribution in [0.25, 0.3) is 0 Å². The van der Waals surface area contributed by atoms with Crippen LogP contribution in [0.2, 0.25) is 5.02 Å². The minimum Gasteiger partial charge on any atom is -0.476 e. The third kappa shape index (κ3) is 3.32. The number of nitrogens with zero attached hydrogens (tertiary/aromatic N) is 1. The number of ether oxygens (including phenoxy) is 2. The molecule has 7 heteroatoms. The molecule has 1 aromatic carbocycles. The fourth-order valence-corrected chi connectivity index (χ4v) is 2.16. The highest BCUT2D eigenvalue weighted by molar-refractivity contribution is 9.10. The molecule has 1 heterocycles. The highest BCUT2D eigenvalue weighted by Gasteiger charge is 2.11. The molecule has 0 bridgehead atoms. The molecule has 0 saturated heterocycles. The van der Waals surface area contributed by atoms with Gasteiger partial charge in [0.05, 0.1) is 21.8 Å². The molecule has 106 valence electrons. The van der Waals surface area contributed by atoms with Gasteiger partial charge in [-0.05, 0) is 35.0 Å². The van der Waals surface area contributed by atoms with Crippen LogP contribution in [0.5, 0.6) is 17.5 Å². The highest BCUT2D eigenvalue weighted by Crippen LogP contribution is 2.34. The van der Waals surface area contributed by atoms with Crippen LogP contribution in [0.4, 0.5) is 10.1 Å². The average Bonchev–Trinajstić information content (AvgIpc) is 2.40. The number of nitrogen functional groups attached to an aromatic ring is 1. The Bertz CT molecular complexity index is 640. The van der Waals surface area contributed by atoms with Gasteiger partial charge in [-0.3, -0.25) is 0 Å². The van der Waals surface area contributed by atoms with Crippen LogP contribution < -0.4 is 15.2 Å². The molecule has 0 saturated carbocycles. The summed E-state index contributed by atoms with van der Waals surface area (Å²) in [5.74, 6) is 0.192. The molecule has 0 radical (unpaired) electrons. The number of aromatic nitrogens is 1. The van der Waals surface area contributed by atoms with Gasteiger partial charge in [-0.1, -0.05) is 11.6 Å². The van der Waals surface area contributed by atoms with Gasteiger partial charge in [0, 0.05) is 12.1 Å². The number of benzene rings is 1. The highest BCUT2D eigenvalue weighted by atomic mass is 79.9. The third-order valence-electron chi connectivity index (χ3n) is 2.33. The van der Waals surface area contributed by atoms with Crippen LogP contribution in [0.15, 0.2) is 28.7 Å². The van der Waals surface area contributed by atoms with E-state index in [0.29, 0.717) is 16.8 Å². The first-order chi connectivity index (χ1) is 9.51. The molecule has 0 unspecified atom stereocenters. The first-order valence-electron chi connectivity index (χ1n) is 5.73. The lowest BCUT2D eigenvalue weighted by Gasteiger charge is -2.10. The second-order valence-electron chi connectivity index (χ2n) is 3.78. The van der Waals surface area contributed by atoms with Crippen molar-refractivity contribution in [2.24, 2.45) is 0 Å². The molecule has 0 aliphatic heterocycles. The summed E-state index contributed by atoms with van der Waals surface area (Å²) in [6.07, 6.45) is 0. The standard InChI is InChI=1S/C13H11BrClFN2O2/c1-2-19-13-10(17)3-4-12(18-13)20-11-6-9(16)8(15)5-7(11)14/h3-6H,2,17H2,1H3. The van der Waals surface area contributed by atoms with Gasteiger partial charge in [0.1, 0.15) is 11.6 Å². The lowest BCUT2D eigenvalue weighted by atomic mass is 10.3. The van der Waals surface area contributed by atoms with Crippen LogP contribution in [0.1, 0.15) is 6.92 Å². The van der Waals surface area contributed by atoms with E-state index in [0.717, 1.165) is 0 Å². The second kappa shape index (κ2) is 6.28. The van der Waals surface area contributed by atoms with E-state index in [2.05, 4.69) is 20.9 Å². The lowest BCUT2D eigenvalue weighted by molar-refractivity contribution is 0.323. The fraction of sp³-hybridized carbons (Fsp3) is 0.154. The molecule has 0 aliphatic carbocycles. The van der Waals surface area contributed by atoms with Crippen molar-refractivity contribution in [3.63, 3.8) is 0 Å². The Labute approximate surface area is 128 Å². The quantitative estimate of drug-likeness (QED) is 0.820. The minimum absolute atomic E-state index is 0.00416. The Morgan fingerprint density at radius 2 is 2.15 bits per heavy atom. The number of rotatable bonds is 4. The summed E-state index contributed by atoms with van der Waals surface area (Å²) >= 11 is 8.91. The molecule has 1 aromatic heterocycles. The molecule has 4 nitrogen and oxygen atoms in total. The molecule has 0 amide bonds. The van der Waals surface area contributed by atoms with Crippen LogP contribution in [0.3, 0.4) is 0 Å². The Morgan fingerprint density at radius 1 is 1.40 bits per heavy atom. The fourth-order valence-electron chi connectivity index (χ4n) is 1.44. The molecule has 2 rings (SSSR count). The van der Waals surface area contributed by atoms with Crippen molar-refractivity contribution in [1.29, 1.82) is 0 Å². The van der Waals surface area contributed by atoms with Gasteiger partial charge in [0.2, 0.25) is 11.8 Å². The third-order valence-corrected chi connectivity index (χ3v) is 3.24. The Hall–Kier alpha value is -1.53. The van der Waals surface area contributed by atoms with E-state index < -0.39 is 5.82 Å². The number of halogens is 3. The van der Waals surface area contributed by atoms with Gasteiger partial charge in [-0.25, -0.2) is 4.39 Å². The smallest absolute Gasteiger partial charge is 0.240 e. The maximum absolute atomic E-state index is 13.4. The Morgan fingerprint density at radius 3 is 2.85 bits per heavy atom. The average molecular weight is 362 g/mol.